The van der Waals surface area contributed by atoms with Crippen LogP contribution in [-0.2, 0) is 27.4 Å². The number of rotatable bonds is 12. The van der Waals surface area contributed by atoms with Crippen molar-refractivity contribution in [2.75, 3.05) is 7.11 Å². The summed E-state index contributed by atoms with van der Waals surface area (Å²) in [6, 6.07) is 14.5. The fraction of sp³-hybridized carbons (Fsp3) is 0.346. The number of ether oxygens (including phenoxy) is 1. The van der Waals surface area contributed by atoms with Gasteiger partial charge in [0.25, 0.3) is 0 Å². The third kappa shape index (κ3) is 7.93. The molecule has 0 fully saturated rings. The Bertz CT molecular complexity index is 1020. The Morgan fingerprint density at radius 1 is 0.914 bits per heavy atom. The molecule has 1 aromatic carbocycles. The number of methoxy groups -OCH3 is 1. The molecule has 2 atom stereocenters. The number of esters is 1. The lowest BCUT2D eigenvalue weighted by atomic mass is 10.1. The van der Waals surface area contributed by atoms with Crippen molar-refractivity contribution in [3.63, 3.8) is 0 Å². The van der Waals surface area contributed by atoms with Crippen LogP contribution >= 0.6 is 22.7 Å². The molecule has 3 amide bonds. The van der Waals surface area contributed by atoms with Crippen molar-refractivity contribution in [3.05, 3.63) is 80.7 Å². The van der Waals surface area contributed by atoms with E-state index in [1.165, 1.54) is 7.11 Å². The highest BCUT2D eigenvalue weighted by Crippen LogP contribution is 2.20. The van der Waals surface area contributed by atoms with Gasteiger partial charge in [0.05, 0.1) is 20.2 Å². The van der Waals surface area contributed by atoms with E-state index in [2.05, 4.69) is 10.6 Å². The van der Waals surface area contributed by atoms with E-state index in [4.69, 9.17) is 4.74 Å². The van der Waals surface area contributed by atoms with Crippen molar-refractivity contribution >= 4 is 40.6 Å². The summed E-state index contributed by atoms with van der Waals surface area (Å²) in [6.07, 6.45) is 2.17. The van der Waals surface area contributed by atoms with Crippen molar-refractivity contribution in [2.24, 2.45) is 0 Å². The molecule has 0 aliphatic rings. The Hall–Kier alpha value is -3.17. The van der Waals surface area contributed by atoms with Gasteiger partial charge in [0, 0.05) is 9.75 Å². The van der Waals surface area contributed by atoms with Crippen LogP contribution in [0, 0.1) is 0 Å². The van der Waals surface area contributed by atoms with Crippen LogP contribution in [0.3, 0.4) is 0 Å². The molecule has 2 N–H and O–H groups in total. The van der Waals surface area contributed by atoms with Crippen LogP contribution in [-0.4, -0.2) is 36.0 Å². The smallest absolute Gasteiger partial charge is 0.333 e. The highest BCUT2D eigenvalue weighted by Gasteiger charge is 2.29. The second-order valence-electron chi connectivity index (χ2n) is 8.03. The summed E-state index contributed by atoms with van der Waals surface area (Å²) in [5.74, 6) is -0.732. The molecule has 2 aromatic heterocycles. The second kappa shape index (κ2) is 13.7. The number of benzene rings is 1. The number of hydrogen-bond acceptors (Lipinski definition) is 6. The number of urea groups is 1. The molecule has 0 saturated carbocycles. The molecule has 7 nitrogen and oxygen atoms in total. The maximum Gasteiger partial charge on any atom is 0.333 e. The molecular formula is C26H31N3O4S2. The van der Waals surface area contributed by atoms with Crippen LogP contribution in [0.5, 0.6) is 0 Å². The number of hydrogen-bond donors (Lipinski definition) is 2. The van der Waals surface area contributed by atoms with Crippen molar-refractivity contribution in [1.29, 1.82) is 0 Å². The van der Waals surface area contributed by atoms with Crippen LogP contribution in [0.4, 0.5) is 4.79 Å². The van der Waals surface area contributed by atoms with Crippen molar-refractivity contribution in [1.82, 2.24) is 15.5 Å². The van der Waals surface area contributed by atoms with Gasteiger partial charge in [-0.15, -0.1) is 22.7 Å². The Balaban J connectivity index is 1.76. The first-order valence-corrected chi connectivity index (χ1v) is 13.3. The van der Waals surface area contributed by atoms with Gasteiger partial charge in [-0.3, -0.25) is 4.79 Å². The lowest BCUT2D eigenvalue weighted by Crippen LogP contribution is -2.52. The zero-order valence-electron chi connectivity index (χ0n) is 19.9. The molecule has 0 radical (unpaired) electrons. The summed E-state index contributed by atoms with van der Waals surface area (Å²) in [6.45, 7) is 2.98. The molecule has 0 bridgehead atoms. The van der Waals surface area contributed by atoms with E-state index in [1.54, 1.807) is 51.8 Å². The monoisotopic (exact) mass is 513 g/mol. The number of thiophene rings is 2. The zero-order chi connectivity index (χ0) is 25.0. The molecule has 2 heterocycles. The quantitative estimate of drug-likeness (QED) is 0.330. The molecule has 0 spiro atoms. The molecule has 186 valence electrons. The molecule has 3 rings (SSSR count). The predicted molar refractivity (Wildman–Crippen MR) is 139 cm³/mol. The van der Waals surface area contributed by atoms with Gasteiger partial charge in [0.15, 0.2) is 6.04 Å². The molecule has 0 saturated heterocycles. The highest BCUT2D eigenvalue weighted by atomic mass is 32.1. The minimum Gasteiger partial charge on any atom is -0.467 e. The average molecular weight is 514 g/mol. The first-order chi connectivity index (χ1) is 17.0. The topological polar surface area (TPSA) is 87.7 Å². The fourth-order valence-corrected chi connectivity index (χ4v) is 5.09. The van der Waals surface area contributed by atoms with Crippen LogP contribution in [0.15, 0.2) is 65.4 Å². The van der Waals surface area contributed by atoms with Gasteiger partial charge in [0.1, 0.15) is 6.04 Å². The standard InChI is InChI=1S/C26H31N3O4S2/c1-3-4-14-22(27-26(32)28-23(25(31)33-2)19-10-6-5-7-11-19)24(30)29(17-20-12-8-15-34-20)18-21-13-9-16-35-21/h5-13,15-16,22-23H,3-4,14,17-18H2,1-2H3,(H2,27,28,32)/t22-,23+/m0/s1. The maximum atomic E-state index is 13.7. The molecule has 0 aliphatic heterocycles. The average Bonchev–Trinajstić information content (AvgIpc) is 3.59. The predicted octanol–water partition coefficient (Wildman–Crippen LogP) is 5.11. The molecular weight excluding hydrogens is 482 g/mol. The third-order valence-corrected chi connectivity index (χ3v) is 7.18. The Morgan fingerprint density at radius 2 is 1.54 bits per heavy atom. The van der Waals surface area contributed by atoms with E-state index < -0.39 is 24.1 Å². The molecule has 35 heavy (non-hydrogen) atoms. The second-order valence-corrected chi connectivity index (χ2v) is 10.1. The summed E-state index contributed by atoms with van der Waals surface area (Å²) >= 11 is 3.19. The Labute approximate surface area is 214 Å². The molecule has 0 unspecified atom stereocenters. The van der Waals surface area contributed by atoms with Crippen LogP contribution < -0.4 is 10.6 Å². The summed E-state index contributed by atoms with van der Waals surface area (Å²) in [4.78, 5) is 43.0. The van der Waals surface area contributed by atoms with Gasteiger partial charge >= 0.3 is 12.0 Å². The fourth-order valence-electron chi connectivity index (χ4n) is 3.65. The SMILES string of the molecule is CCCC[C@H](NC(=O)N[C@@H](C(=O)OC)c1ccccc1)C(=O)N(Cc1cccs1)Cc1cccs1. The van der Waals surface area contributed by atoms with Crippen LogP contribution in [0.1, 0.15) is 47.5 Å². The van der Waals surface area contributed by atoms with E-state index in [-0.39, 0.29) is 5.91 Å². The lowest BCUT2D eigenvalue weighted by Gasteiger charge is -2.28. The van der Waals surface area contributed by atoms with Crippen LogP contribution in [0.25, 0.3) is 0 Å². The number of amides is 3. The molecule has 9 heteroatoms. The van der Waals surface area contributed by atoms with Gasteiger partial charge < -0.3 is 20.3 Å². The number of nitrogens with one attached hydrogen (secondary N) is 2. The number of carbonyl (C=O) groups excluding carboxylic acids is 3. The minimum absolute atomic E-state index is 0.148. The van der Waals surface area contributed by atoms with E-state index in [9.17, 15) is 14.4 Å². The summed E-state index contributed by atoms with van der Waals surface area (Å²) < 4.78 is 4.89. The lowest BCUT2D eigenvalue weighted by molar-refractivity contribution is -0.143. The number of nitrogens with zero attached hydrogens (tertiary/aromatic N) is 1. The van der Waals surface area contributed by atoms with E-state index in [0.29, 0.717) is 25.1 Å². The van der Waals surface area contributed by atoms with Gasteiger partial charge in [-0.1, -0.05) is 62.2 Å². The van der Waals surface area contributed by atoms with E-state index in [1.807, 2.05) is 48.0 Å². The van der Waals surface area contributed by atoms with Crippen molar-refractivity contribution in [3.8, 4) is 0 Å². The number of unbranched alkanes of at least 4 members (excludes halogenated alkanes) is 1. The van der Waals surface area contributed by atoms with E-state index >= 15 is 0 Å². The van der Waals surface area contributed by atoms with Gasteiger partial charge in [-0.05, 0) is 34.9 Å². The highest BCUT2D eigenvalue weighted by molar-refractivity contribution is 7.10. The number of carbonyl (C=O) groups is 3. The van der Waals surface area contributed by atoms with Crippen LogP contribution in [0.2, 0.25) is 0 Å². The summed E-state index contributed by atoms with van der Waals surface area (Å²) in [5, 5.41) is 9.48. The minimum atomic E-state index is -0.975. The third-order valence-electron chi connectivity index (χ3n) is 5.46. The zero-order valence-corrected chi connectivity index (χ0v) is 21.6. The van der Waals surface area contributed by atoms with Crippen molar-refractivity contribution < 1.29 is 19.1 Å². The van der Waals surface area contributed by atoms with Gasteiger partial charge in [-0.2, -0.15) is 0 Å². The molecule has 3 aromatic rings. The van der Waals surface area contributed by atoms with Gasteiger partial charge in [0.2, 0.25) is 5.91 Å². The first kappa shape index (κ1) is 26.4. The normalized spacial score (nSPS) is 12.4. The van der Waals surface area contributed by atoms with Gasteiger partial charge in [-0.25, -0.2) is 9.59 Å². The largest absolute Gasteiger partial charge is 0.467 e. The Morgan fingerprint density at radius 3 is 2.06 bits per heavy atom. The summed E-state index contributed by atoms with van der Waals surface area (Å²) in [7, 11) is 1.28. The van der Waals surface area contributed by atoms with Crippen molar-refractivity contribution in [2.45, 2.75) is 51.4 Å². The summed E-state index contributed by atoms with van der Waals surface area (Å²) in [5.41, 5.74) is 0.600. The first-order valence-electron chi connectivity index (χ1n) is 11.5. The Kier molecular flexibility index (Phi) is 10.3. The maximum absolute atomic E-state index is 13.7. The molecule has 0 aliphatic carbocycles. The van der Waals surface area contributed by atoms with E-state index in [0.717, 1.165) is 22.6 Å².